The van der Waals surface area contributed by atoms with Gasteiger partial charge in [-0.1, -0.05) is 0 Å². The number of methoxy groups -OCH3 is 1. The zero-order valence-corrected chi connectivity index (χ0v) is 12.8. The normalized spacial score (nSPS) is 10.0. The fraction of sp³-hybridized carbons (Fsp3) is 0.176. The lowest BCUT2D eigenvalue weighted by molar-refractivity contribution is -0.136. The summed E-state index contributed by atoms with van der Waals surface area (Å²) in [4.78, 5) is 26.8. The molecule has 0 spiro atoms. The minimum atomic E-state index is -1.13. The second-order valence-electron chi connectivity index (χ2n) is 4.91. The molecule has 1 aromatic carbocycles. The van der Waals surface area contributed by atoms with Gasteiger partial charge in [0.15, 0.2) is 11.5 Å². The third-order valence-corrected chi connectivity index (χ3v) is 3.33. The van der Waals surface area contributed by atoms with E-state index in [1.54, 1.807) is 30.3 Å². The molecule has 2 aromatic rings. The number of nitrogens with zero attached hydrogens (tertiary/aromatic N) is 2. The van der Waals surface area contributed by atoms with E-state index in [9.17, 15) is 14.7 Å². The minimum absolute atomic E-state index is 0.102. The average Bonchev–Trinajstić information content (AvgIpc) is 2.60. The van der Waals surface area contributed by atoms with Gasteiger partial charge in [-0.2, -0.15) is 5.26 Å². The third-order valence-electron chi connectivity index (χ3n) is 3.33. The molecule has 2 rings (SSSR count). The Morgan fingerprint density at radius 1 is 1.25 bits per heavy atom. The van der Waals surface area contributed by atoms with Crippen molar-refractivity contribution in [2.75, 3.05) is 7.11 Å². The van der Waals surface area contributed by atoms with Crippen LogP contribution in [0.2, 0.25) is 0 Å². The van der Waals surface area contributed by atoms with Crippen molar-refractivity contribution in [2.24, 2.45) is 0 Å². The molecule has 122 valence electrons. The summed E-state index contributed by atoms with van der Waals surface area (Å²) < 4.78 is 5.06. The first-order valence-electron chi connectivity index (χ1n) is 6.99. The fourth-order valence-corrected chi connectivity index (χ4v) is 2.07. The molecule has 0 saturated carbocycles. The third kappa shape index (κ3) is 3.67. The van der Waals surface area contributed by atoms with Crippen molar-refractivity contribution >= 4 is 11.8 Å². The first-order chi connectivity index (χ1) is 11.5. The number of nitriles is 1. The van der Waals surface area contributed by atoms with Gasteiger partial charge in [-0.25, -0.2) is 4.98 Å². The Balaban J connectivity index is 2.46. The van der Waals surface area contributed by atoms with Gasteiger partial charge in [0.2, 0.25) is 0 Å². The molecule has 0 aliphatic rings. The minimum Gasteiger partial charge on any atom is -0.504 e. The van der Waals surface area contributed by atoms with Gasteiger partial charge in [-0.3, -0.25) is 9.59 Å². The van der Waals surface area contributed by atoms with E-state index in [1.165, 1.54) is 13.2 Å². The van der Waals surface area contributed by atoms with Gasteiger partial charge in [-0.15, -0.1) is 0 Å². The SMILES string of the molecule is COc1ccc(-c2cc(C#N)c(O)c(C(=O)CCC(=O)O)n2)cc1. The number of ether oxygens (including phenoxy) is 1. The summed E-state index contributed by atoms with van der Waals surface area (Å²) >= 11 is 0. The summed E-state index contributed by atoms with van der Waals surface area (Å²) in [6.45, 7) is 0. The van der Waals surface area contributed by atoms with Crippen LogP contribution in [0.5, 0.6) is 11.5 Å². The molecule has 0 fully saturated rings. The molecule has 2 N–H and O–H groups in total. The van der Waals surface area contributed by atoms with Crippen LogP contribution < -0.4 is 4.74 Å². The lowest BCUT2D eigenvalue weighted by Crippen LogP contribution is -2.07. The van der Waals surface area contributed by atoms with Crippen LogP contribution in [0.3, 0.4) is 0 Å². The van der Waals surface area contributed by atoms with E-state index in [0.717, 1.165) is 0 Å². The molecule has 1 aromatic heterocycles. The largest absolute Gasteiger partial charge is 0.504 e. The van der Waals surface area contributed by atoms with Crippen LogP contribution in [0.25, 0.3) is 11.3 Å². The summed E-state index contributed by atoms with van der Waals surface area (Å²) in [6, 6.07) is 9.96. The van der Waals surface area contributed by atoms with Crippen LogP contribution in [0, 0.1) is 11.3 Å². The molecular formula is C17H14N2O5. The Labute approximate surface area is 137 Å². The molecule has 0 amide bonds. The highest BCUT2D eigenvalue weighted by Gasteiger charge is 2.19. The van der Waals surface area contributed by atoms with Gasteiger partial charge in [0.1, 0.15) is 17.5 Å². The molecule has 7 nitrogen and oxygen atoms in total. The topological polar surface area (TPSA) is 121 Å². The number of carboxylic acids is 1. The van der Waals surface area contributed by atoms with Crippen LogP contribution >= 0.6 is 0 Å². The molecule has 0 aliphatic heterocycles. The number of aliphatic carboxylic acids is 1. The monoisotopic (exact) mass is 326 g/mol. The number of aromatic nitrogens is 1. The van der Waals surface area contributed by atoms with E-state index in [0.29, 0.717) is 17.0 Å². The van der Waals surface area contributed by atoms with E-state index < -0.39 is 17.5 Å². The van der Waals surface area contributed by atoms with Crippen LogP contribution in [0.15, 0.2) is 30.3 Å². The molecule has 0 radical (unpaired) electrons. The maximum Gasteiger partial charge on any atom is 0.303 e. The molecule has 0 atom stereocenters. The number of rotatable bonds is 6. The summed E-state index contributed by atoms with van der Waals surface area (Å²) in [7, 11) is 1.53. The summed E-state index contributed by atoms with van der Waals surface area (Å²) in [5.74, 6) is -1.67. The Bertz CT molecular complexity index is 822. The number of aromatic hydroxyl groups is 1. The van der Waals surface area contributed by atoms with E-state index in [2.05, 4.69) is 4.98 Å². The van der Waals surface area contributed by atoms with Gasteiger partial charge in [0, 0.05) is 12.0 Å². The number of Topliss-reactive ketones (excluding diaryl/α,β-unsaturated/α-hetero) is 1. The molecule has 0 aliphatic carbocycles. The van der Waals surface area contributed by atoms with Crippen molar-refractivity contribution < 1.29 is 24.5 Å². The van der Waals surface area contributed by atoms with Crippen LogP contribution in [-0.2, 0) is 4.79 Å². The summed E-state index contributed by atoms with van der Waals surface area (Å²) in [6.07, 6.45) is -0.693. The second kappa shape index (κ2) is 7.24. The van der Waals surface area contributed by atoms with Crippen LogP contribution in [0.4, 0.5) is 0 Å². The molecule has 0 bridgehead atoms. The Morgan fingerprint density at radius 2 is 1.92 bits per heavy atom. The maximum absolute atomic E-state index is 12.1. The standard InChI is InChI=1S/C17H14N2O5/c1-24-12-4-2-10(3-5-12)13-8-11(9-18)17(23)16(19-13)14(20)6-7-15(21)22/h2-5,8,23H,6-7H2,1H3,(H,21,22). The number of ketones is 1. The quantitative estimate of drug-likeness (QED) is 0.782. The first-order valence-corrected chi connectivity index (χ1v) is 6.99. The highest BCUT2D eigenvalue weighted by molar-refractivity contribution is 5.99. The van der Waals surface area contributed by atoms with Crippen LogP contribution in [-0.4, -0.2) is 34.1 Å². The second-order valence-corrected chi connectivity index (χ2v) is 4.91. The zero-order chi connectivity index (χ0) is 17.7. The van der Waals surface area contributed by atoms with Gasteiger partial charge >= 0.3 is 5.97 Å². The van der Waals surface area contributed by atoms with Crippen molar-refractivity contribution in [3.05, 3.63) is 41.6 Å². The highest BCUT2D eigenvalue weighted by Crippen LogP contribution is 2.28. The molecule has 1 heterocycles. The summed E-state index contributed by atoms with van der Waals surface area (Å²) in [5, 5.41) is 27.8. The Kier molecular flexibility index (Phi) is 5.12. The van der Waals surface area contributed by atoms with E-state index in [-0.39, 0.29) is 24.1 Å². The van der Waals surface area contributed by atoms with Crippen molar-refractivity contribution in [1.29, 1.82) is 5.26 Å². The maximum atomic E-state index is 12.1. The van der Waals surface area contributed by atoms with Crippen molar-refractivity contribution in [3.8, 4) is 28.8 Å². The number of carboxylic acid groups (broad SMARTS) is 1. The van der Waals surface area contributed by atoms with Gasteiger partial charge in [-0.05, 0) is 30.3 Å². The molecule has 0 unspecified atom stereocenters. The molecule has 24 heavy (non-hydrogen) atoms. The molecule has 7 heteroatoms. The number of pyridine rings is 1. The van der Waals surface area contributed by atoms with Gasteiger partial charge in [0.05, 0.1) is 24.8 Å². The number of benzene rings is 1. The molecule has 0 saturated heterocycles. The van der Waals surface area contributed by atoms with Gasteiger partial charge < -0.3 is 14.9 Å². The Hall–Kier alpha value is -3.40. The zero-order valence-electron chi connectivity index (χ0n) is 12.8. The van der Waals surface area contributed by atoms with E-state index >= 15 is 0 Å². The number of carbonyl (C=O) groups excluding carboxylic acids is 1. The average molecular weight is 326 g/mol. The predicted molar refractivity (Wildman–Crippen MR) is 83.8 cm³/mol. The first kappa shape index (κ1) is 17.0. The van der Waals surface area contributed by atoms with Crippen molar-refractivity contribution in [1.82, 2.24) is 4.98 Å². The van der Waals surface area contributed by atoms with Crippen molar-refractivity contribution in [3.63, 3.8) is 0 Å². The smallest absolute Gasteiger partial charge is 0.303 e. The molecular weight excluding hydrogens is 312 g/mol. The Morgan fingerprint density at radius 3 is 2.46 bits per heavy atom. The highest BCUT2D eigenvalue weighted by atomic mass is 16.5. The number of hydrogen-bond donors (Lipinski definition) is 2. The van der Waals surface area contributed by atoms with Gasteiger partial charge in [0.25, 0.3) is 0 Å². The van der Waals surface area contributed by atoms with Crippen LogP contribution in [0.1, 0.15) is 28.9 Å². The predicted octanol–water partition coefficient (Wildman–Crippen LogP) is 2.38. The summed E-state index contributed by atoms with van der Waals surface area (Å²) in [5.41, 5.74) is 0.542. The number of carbonyl (C=O) groups is 2. The van der Waals surface area contributed by atoms with E-state index in [4.69, 9.17) is 15.1 Å². The fourth-order valence-electron chi connectivity index (χ4n) is 2.07. The van der Waals surface area contributed by atoms with Crippen molar-refractivity contribution in [2.45, 2.75) is 12.8 Å². The number of hydrogen-bond acceptors (Lipinski definition) is 6. The lowest BCUT2D eigenvalue weighted by atomic mass is 10.0. The van der Waals surface area contributed by atoms with E-state index in [1.807, 2.05) is 0 Å². The lowest BCUT2D eigenvalue weighted by Gasteiger charge is -2.09.